The summed E-state index contributed by atoms with van der Waals surface area (Å²) in [5.41, 5.74) is 0. The van der Waals surface area contributed by atoms with Crippen LogP contribution in [0.2, 0.25) is 0 Å². The van der Waals surface area contributed by atoms with E-state index in [1.54, 1.807) is 7.05 Å². The maximum atomic E-state index is 12.0. The van der Waals surface area contributed by atoms with E-state index in [9.17, 15) is 13.2 Å². The SMILES string of the molecule is COC(=O)CCCS(=O)(=O)N(C)CCN1CCCC1. The van der Waals surface area contributed by atoms with E-state index >= 15 is 0 Å². The van der Waals surface area contributed by atoms with Crippen LogP contribution in [0.4, 0.5) is 0 Å². The van der Waals surface area contributed by atoms with Crippen LogP contribution in [0.1, 0.15) is 25.7 Å². The van der Waals surface area contributed by atoms with Crippen molar-refractivity contribution in [2.24, 2.45) is 0 Å². The van der Waals surface area contributed by atoms with Gasteiger partial charge in [-0.25, -0.2) is 12.7 Å². The van der Waals surface area contributed by atoms with Gasteiger partial charge in [-0.05, 0) is 32.4 Å². The molecule has 0 bridgehead atoms. The molecule has 19 heavy (non-hydrogen) atoms. The molecule has 0 aliphatic carbocycles. The van der Waals surface area contributed by atoms with Crippen molar-refractivity contribution in [3.05, 3.63) is 0 Å². The van der Waals surface area contributed by atoms with Crippen LogP contribution < -0.4 is 0 Å². The summed E-state index contributed by atoms with van der Waals surface area (Å²) in [5, 5.41) is 0. The molecular formula is C12H24N2O4S. The molecule has 0 unspecified atom stereocenters. The highest BCUT2D eigenvalue weighted by atomic mass is 32.2. The number of rotatable bonds is 8. The number of ether oxygens (including phenoxy) is 1. The standard InChI is InChI=1S/C12H24N2O4S/c1-13(9-10-14-7-3-4-8-14)19(16,17)11-5-6-12(15)18-2/h3-11H2,1-2H3. The zero-order chi connectivity index (χ0) is 14.3. The van der Waals surface area contributed by atoms with Gasteiger partial charge in [-0.3, -0.25) is 4.79 Å². The van der Waals surface area contributed by atoms with Crippen molar-refractivity contribution in [2.75, 3.05) is 46.1 Å². The minimum Gasteiger partial charge on any atom is -0.469 e. The lowest BCUT2D eigenvalue weighted by Crippen LogP contribution is -2.36. The number of esters is 1. The number of sulfonamides is 1. The second-order valence-electron chi connectivity index (χ2n) is 4.87. The van der Waals surface area contributed by atoms with Crippen molar-refractivity contribution in [1.29, 1.82) is 0 Å². The molecule has 0 amide bonds. The Labute approximate surface area is 115 Å². The Kier molecular flexibility index (Phi) is 6.74. The zero-order valence-corrected chi connectivity index (χ0v) is 12.6. The molecule has 6 nitrogen and oxygen atoms in total. The van der Waals surface area contributed by atoms with E-state index in [4.69, 9.17) is 0 Å². The third-order valence-corrected chi connectivity index (χ3v) is 5.35. The van der Waals surface area contributed by atoms with Crippen LogP contribution in [0.5, 0.6) is 0 Å². The number of carbonyl (C=O) groups excluding carboxylic acids is 1. The minimum atomic E-state index is -3.26. The molecular weight excluding hydrogens is 268 g/mol. The van der Waals surface area contributed by atoms with Gasteiger partial charge in [0.1, 0.15) is 0 Å². The number of carbonyl (C=O) groups is 1. The largest absolute Gasteiger partial charge is 0.469 e. The highest BCUT2D eigenvalue weighted by molar-refractivity contribution is 7.89. The van der Waals surface area contributed by atoms with Crippen molar-refractivity contribution in [1.82, 2.24) is 9.21 Å². The molecule has 1 heterocycles. The number of nitrogens with zero attached hydrogens (tertiary/aromatic N) is 2. The van der Waals surface area contributed by atoms with Crippen LogP contribution in [0, 0.1) is 0 Å². The predicted molar refractivity (Wildman–Crippen MR) is 73.3 cm³/mol. The molecule has 0 atom stereocenters. The molecule has 0 aromatic rings. The Balaban J connectivity index is 2.27. The quantitative estimate of drug-likeness (QED) is 0.602. The first-order chi connectivity index (χ1) is 8.95. The summed E-state index contributed by atoms with van der Waals surface area (Å²) in [6, 6.07) is 0. The van der Waals surface area contributed by atoms with Crippen LogP contribution in [-0.2, 0) is 19.6 Å². The van der Waals surface area contributed by atoms with E-state index < -0.39 is 10.0 Å². The van der Waals surface area contributed by atoms with Gasteiger partial charge < -0.3 is 9.64 Å². The molecule has 1 aliphatic heterocycles. The Morgan fingerprint density at radius 3 is 2.53 bits per heavy atom. The van der Waals surface area contributed by atoms with Crippen LogP contribution in [0.3, 0.4) is 0 Å². The number of methoxy groups -OCH3 is 1. The molecule has 0 radical (unpaired) electrons. The Bertz CT molecular complexity index is 377. The maximum Gasteiger partial charge on any atom is 0.305 e. The van der Waals surface area contributed by atoms with E-state index in [2.05, 4.69) is 9.64 Å². The van der Waals surface area contributed by atoms with E-state index in [1.165, 1.54) is 24.3 Å². The first-order valence-electron chi connectivity index (χ1n) is 6.69. The van der Waals surface area contributed by atoms with Gasteiger partial charge >= 0.3 is 5.97 Å². The van der Waals surface area contributed by atoms with E-state index in [0.29, 0.717) is 13.0 Å². The normalized spacial score (nSPS) is 17.0. The van der Waals surface area contributed by atoms with Gasteiger partial charge in [0.15, 0.2) is 0 Å². The minimum absolute atomic E-state index is 0.00139. The third-order valence-electron chi connectivity index (χ3n) is 3.42. The first kappa shape index (κ1) is 16.4. The lowest BCUT2D eigenvalue weighted by molar-refractivity contribution is -0.140. The van der Waals surface area contributed by atoms with E-state index in [-0.39, 0.29) is 18.1 Å². The predicted octanol–water partition coefficient (Wildman–Crippen LogP) is 0.297. The summed E-state index contributed by atoms with van der Waals surface area (Å²) in [7, 11) is -0.352. The third kappa shape index (κ3) is 5.88. The number of likely N-dealkylation sites (N-methyl/N-ethyl adjacent to an activating group) is 1. The van der Waals surface area contributed by atoms with E-state index in [0.717, 1.165) is 19.6 Å². The summed E-state index contributed by atoms with van der Waals surface area (Å²) in [5.74, 6) is -0.367. The zero-order valence-electron chi connectivity index (χ0n) is 11.8. The molecule has 7 heteroatoms. The lowest BCUT2D eigenvalue weighted by atomic mass is 10.3. The van der Waals surface area contributed by atoms with Gasteiger partial charge in [0.05, 0.1) is 12.9 Å². The summed E-state index contributed by atoms with van der Waals surface area (Å²) in [6.07, 6.45) is 2.87. The lowest BCUT2D eigenvalue weighted by Gasteiger charge is -2.21. The van der Waals surface area contributed by atoms with E-state index in [1.807, 2.05) is 0 Å². The molecule has 1 rings (SSSR count). The number of likely N-dealkylation sites (tertiary alicyclic amines) is 1. The summed E-state index contributed by atoms with van der Waals surface area (Å²) in [6.45, 7) is 3.43. The van der Waals surface area contributed by atoms with Crippen molar-refractivity contribution < 1.29 is 17.9 Å². The topological polar surface area (TPSA) is 66.9 Å². The summed E-state index contributed by atoms with van der Waals surface area (Å²) < 4.78 is 29.8. The highest BCUT2D eigenvalue weighted by Crippen LogP contribution is 2.08. The van der Waals surface area contributed by atoms with Gasteiger partial charge in [0.2, 0.25) is 10.0 Å². The fraction of sp³-hybridized carbons (Fsp3) is 0.917. The maximum absolute atomic E-state index is 12.0. The van der Waals surface area contributed by atoms with Crippen LogP contribution in [-0.4, -0.2) is 69.7 Å². The van der Waals surface area contributed by atoms with Gasteiger partial charge in [-0.2, -0.15) is 0 Å². The molecule has 0 saturated carbocycles. The van der Waals surface area contributed by atoms with Gasteiger partial charge in [-0.15, -0.1) is 0 Å². The average molecular weight is 292 g/mol. The second kappa shape index (κ2) is 7.81. The van der Waals surface area contributed by atoms with Gasteiger partial charge in [0, 0.05) is 26.6 Å². The fourth-order valence-electron chi connectivity index (χ4n) is 2.08. The number of hydrogen-bond acceptors (Lipinski definition) is 5. The average Bonchev–Trinajstić information content (AvgIpc) is 2.88. The Morgan fingerprint density at radius 1 is 1.32 bits per heavy atom. The fourth-order valence-corrected chi connectivity index (χ4v) is 3.27. The molecule has 1 aliphatic rings. The summed E-state index contributed by atoms with van der Waals surface area (Å²) in [4.78, 5) is 13.2. The smallest absolute Gasteiger partial charge is 0.305 e. The molecule has 0 aromatic carbocycles. The van der Waals surface area contributed by atoms with Crippen molar-refractivity contribution >= 4 is 16.0 Å². The van der Waals surface area contributed by atoms with Crippen LogP contribution in [0.15, 0.2) is 0 Å². The molecule has 0 N–H and O–H groups in total. The Hall–Kier alpha value is -0.660. The van der Waals surface area contributed by atoms with Crippen molar-refractivity contribution in [3.63, 3.8) is 0 Å². The highest BCUT2D eigenvalue weighted by Gasteiger charge is 2.20. The van der Waals surface area contributed by atoms with Crippen molar-refractivity contribution in [2.45, 2.75) is 25.7 Å². The Morgan fingerprint density at radius 2 is 1.95 bits per heavy atom. The second-order valence-corrected chi connectivity index (χ2v) is 7.06. The van der Waals surface area contributed by atoms with Crippen LogP contribution >= 0.6 is 0 Å². The first-order valence-corrected chi connectivity index (χ1v) is 8.30. The van der Waals surface area contributed by atoms with Crippen LogP contribution in [0.25, 0.3) is 0 Å². The summed E-state index contributed by atoms with van der Waals surface area (Å²) >= 11 is 0. The monoisotopic (exact) mass is 292 g/mol. The molecule has 0 aromatic heterocycles. The molecule has 0 spiro atoms. The molecule has 112 valence electrons. The number of hydrogen-bond donors (Lipinski definition) is 0. The van der Waals surface area contributed by atoms with Gasteiger partial charge in [0.25, 0.3) is 0 Å². The van der Waals surface area contributed by atoms with Crippen molar-refractivity contribution in [3.8, 4) is 0 Å². The molecule has 1 saturated heterocycles. The molecule has 1 fully saturated rings. The van der Waals surface area contributed by atoms with Gasteiger partial charge in [-0.1, -0.05) is 0 Å².